The van der Waals surface area contributed by atoms with Gasteiger partial charge in [-0.15, -0.1) is 0 Å². The average Bonchev–Trinajstić information content (AvgIpc) is 3.04. The zero-order valence-corrected chi connectivity index (χ0v) is 15.2. The van der Waals surface area contributed by atoms with Crippen LogP contribution >= 0.6 is 0 Å². The molecule has 0 aliphatic carbocycles. The van der Waals surface area contributed by atoms with Crippen molar-refractivity contribution in [1.82, 2.24) is 20.1 Å². The second kappa shape index (κ2) is 7.13. The number of hydrogen-bond donors (Lipinski definition) is 2. The molecule has 0 saturated carbocycles. The van der Waals surface area contributed by atoms with Crippen LogP contribution in [0.5, 0.6) is 5.75 Å². The first kappa shape index (κ1) is 17.3. The zero-order valence-electron chi connectivity index (χ0n) is 15.2. The predicted octanol–water partition coefficient (Wildman–Crippen LogP) is 3.50. The van der Waals surface area contributed by atoms with Gasteiger partial charge in [0.2, 0.25) is 0 Å². The number of ether oxygens (including phenoxy) is 1. The van der Waals surface area contributed by atoms with E-state index in [9.17, 15) is 4.79 Å². The van der Waals surface area contributed by atoms with Gasteiger partial charge >= 0.3 is 6.03 Å². The van der Waals surface area contributed by atoms with Gasteiger partial charge in [-0.3, -0.25) is 5.10 Å². The maximum absolute atomic E-state index is 12.9. The van der Waals surface area contributed by atoms with Crippen molar-refractivity contribution in [2.75, 3.05) is 19.0 Å². The molecule has 0 spiro atoms. The summed E-state index contributed by atoms with van der Waals surface area (Å²) in [6.45, 7) is 6.50. The Morgan fingerprint density at radius 1 is 1.32 bits per heavy atom. The number of H-pyrrole nitrogens is 1. The van der Waals surface area contributed by atoms with Crippen molar-refractivity contribution in [3.8, 4) is 5.75 Å². The van der Waals surface area contributed by atoms with E-state index in [4.69, 9.17) is 4.74 Å². The number of aromatic nitrogens is 3. The Kier molecular flexibility index (Phi) is 4.92. The molecule has 2 N–H and O–H groups in total. The van der Waals surface area contributed by atoms with Crippen LogP contribution in [0.4, 0.5) is 10.5 Å². The minimum atomic E-state index is -0.122. The fourth-order valence-electron chi connectivity index (χ4n) is 3.31. The summed E-state index contributed by atoms with van der Waals surface area (Å²) in [6, 6.07) is 3.71. The van der Waals surface area contributed by atoms with Gasteiger partial charge in [0, 0.05) is 17.8 Å². The number of piperidine rings is 1. The highest BCUT2D eigenvalue weighted by atomic mass is 16.5. The maximum atomic E-state index is 12.9. The Morgan fingerprint density at radius 3 is 2.80 bits per heavy atom. The molecule has 1 aliphatic rings. The highest BCUT2D eigenvalue weighted by Crippen LogP contribution is 2.31. The van der Waals surface area contributed by atoms with Gasteiger partial charge in [-0.2, -0.15) is 5.10 Å². The topological polar surface area (TPSA) is 83.1 Å². The molecule has 1 unspecified atom stereocenters. The van der Waals surface area contributed by atoms with Crippen molar-refractivity contribution in [2.24, 2.45) is 0 Å². The molecule has 1 aliphatic heterocycles. The van der Waals surface area contributed by atoms with Gasteiger partial charge in [-0.05, 0) is 57.7 Å². The number of carbonyl (C=O) groups excluding carboxylic acids is 1. The molecular formula is C18H25N5O2. The minimum Gasteiger partial charge on any atom is -0.496 e. The predicted molar refractivity (Wildman–Crippen MR) is 95.9 cm³/mol. The first-order valence-electron chi connectivity index (χ1n) is 8.61. The van der Waals surface area contributed by atoms with Gasteiger partial charge in [0.1, 0.15) is 11.6 Å². The van der Waals surface area contributed by atoms with Crippen LogP contribution in [0.3, 0.4) is 0 Å². The number of benzene rings is 1. The van der Waals surface area contributed by atoms with Crippen LogP contribution in [-0.2, 0) is 0 Å². The maximum Gasteiger partial charge on any atom is 0.322 e. The van der Waals surface area contributed by atoms with E-state index in [1.54, 1.807) is 7.11 Å². The summed E-state index contributed by atoms with van der Waals surface area (Å²) in [7, 11) is 1.64. The van der Waals surface area contributed by atoms with E-state index in [-0.39, 0.29) is 12.1 Å². The summed E-state index contributed by atoms with van der Waals surface area (Å²) in [6.07, 6.45) is 2.93. The fraction of sp³-hybridized carbons (Fsp3) is 0.500. The van der Waals surface area contributed by atoms with Gasteiger partial charge < -0.3 is 15.0 Å². The number of aromatic amines is 1. The number of aryl methyl sites for hydroxylation is 2. The van der Waals surface area contributed by atoms with Crippen molar-refractivity contribution < 1.29 is 9.53 Å². The molecule has 2 amide bonds. The van der Waals surface area contributed by atoms with Gasteiger partial charge in [0.05, 0.1) is 13.2 Å². The lowest BCUT2D eigenvalue weighted by Crippen LogP contribution is -2.41. The summed E-state index contributed by atoms with van der Waals surface area (Å²) in [5.74, 6) is 2.22. The van der Waals surface area contributed by atoms with Crippen LogP contribution in [0.1, 0.15) is 48.1 Å². The molecule has 134 valence electrons. The first-order valence-corrected chi connectivity index (χ1v) is 8.61. The molecular weight excluding hydrogens is 318 g/mol. The van der Waals surface area contributed by atoms with E-state index in [1.807, 2.05) is 37.8 Å². The number of carbonyl (C=O) groups is 1. The summed E-state index contributed by atoms with van der Waals surface area (Å²) >= 11 is 0. The highest BCUT2D eigenvalue weighted by Gasteiger charge is 2.31. The Bertz CT molecular complexity index is 771. The van der Waals surface area contributed by atoms with Crippen molar-refractivity contribution in [2.45, 2.75) is 46.1 Å². The Morgan fingerprint density at radius 2 is 2.12 bits per heavy atom. The Balaban J connectivity index is 1.83. The Hall–Kier alpha value is -2.57. The van der Waals surface area contributed by atoms with Crippen LogP contribution in [0.15, 0.2) is 12.1 Å². The van der Waals surface area contributed by atoms with Crippen LogP contribution in [0.2, 0.25) is 0 Å². The summed E-state index contributed by atoms with van der Waals surface area (Å²) in [5.41, 5.74) is 2.73. The number of rotatable bonds is 3. The number of amides is 2. The fourth-order valence-corrected chi connectivity index (χ4v) is 3.31. The molecule has 2 aromatic rings. The molecule has 0 bridgehead atoms. The van der Waals surface area contributed by atoms with Gasteiger partial charge in [-0.25, -0.2) is 9.78 Å². The van der Waals surface area contributed by atoms with E-state index in [2.05, 4.69) is 20.5 Å². The molecule has 1 saturated heterocycles. The molecule has 1 aromatic heterocycles. The van der Waals surface area contributed by atoms with Crippen LogP contribution < -0.4 is 10.1 Å². The van der Waals surface area contributed by atoms with E-state index in [0.717, 1.165) is 47.7 Å². The molecule has 1 atom stereocenters. The third-order valence-electron chi connectivity index (χ3n) is 4.64. The lowest BCUT2D eigenvalue weighted by Gasteiger charge is -2.34. The monoisotopic (exact) mass is 343 g/mol. The summed E-state index contributed by atoms with van der Waals surface area (Å²) in [5, 5.41) is 10.2. The lowest BCUT2D eigenvalue weighted by atomic mass is 10.0. The number of hydrogen-bond acceptors (Lipinski definition) is 4. The third kappa shape index (κ3) is 3.60. The number of nitrogens with zero attached hydrogens (tertiary/aromatic N) is 3. The van der Waals surface area contributed by atoms with E-state index >= 15 is 0 Å². The summed E-state index contributed by atoms with van der Waals surface area (Å²) < 4.78 is 5.40. The van der Waals surface area contributed by atoms with Crippen molar-refractivity contribution >= 4 is 11.7 Å². The van der Waals surface area contributed by atoms with Crippen molar-refractivity contribution in [3.63, 3.8) is 0 Å². The van der Waals surface area contributed by atoms with Gasteiger partial charge in [0.25, 0.3) is 0 Å². The number of methoxy groups -OCH3 is 1. The number of nitrogens with one attached hydrogen (secondary N) is 2. The second-order valence-electron chi connectivity index (χ2n) is 6.55. The van der Waals surface area contributed by atoms with Crippen LogP contribution in [0.25, 0.3) is 0 Å². The first-order chi connectivity index (χ1) is 12.0. The molecule has 1 fully saturated rings. The van der Waals surface area contributed by atoms with Crippen molar-refractivity contribution in [1.29, 1.82) is 0 Å². The standard InChI is InChI=1S/C18H25N5O2/c1-11-9-14(12(2)16(10-11)25-4)20-18(24)23-8-6-5-7-15(23)17-19-13(3)21-22-17/h9-10,15H,5-8H2,1-4H3,(H,20,24)(H,19,21,22). The molecule has 3 rings (SSSR count). The number of urea groups is 1. The third-order valence-corrected chi connectivity index (χ3v) is 4.64. The number of likely N-dealkylation sites (tertiary alicyclic amines) is 1. The molecule has 25 heavy (non-hydrogen) atoms. The summed E-state index contributed by atoms with van der Waals surface area (Å²) in [4.78, 5) is 19.2. The largest absolute Gasteiger partial charge is 0.496 e. The molecule has 1 aromatic carbocycles. The van der Waals surface area contributed by atoms with E-state index in [1.165, 1.54) is 0 Å². The highest BCUT2D eigenvalue weighted by molar-refractivity contribution is 5.91. The second-order valence-corrected chi connectivity index (χ2v) is 6.55. The van der Waals surface area contributed by atoms with E-state index in [0.29, 0.717) is 12.4 Å². The van der Waals surface area contributed by atoms with Gasteiger partial charge in [-0.1, -0.05) is 0 Å². The zero-order chi connectivity index (χ0) is 18.0. The lowest BCUT2D eigenvalue weighted by molar-refractivity contribution is 0.159. The molecule has 7 heteroatoms. The minimum absolute atomic E-state index is 0.0919. The number of anilines is 1. The van der Waals surface area contributed by atoms with Crippen LogP contribution in [0, 0.1) is 20.8 Å². The average molecular weight is 343 g/mol. The van der Waals surface area contributed by atoms with Gasteiger partial charge in [0.15, 0.2) is 5.82 Å². The Labute approximate surface area is 147 Å². The molecule has 7 nitrogen and oxygen atoms in total. The SMILES string of the molecule is COc1cc(C)cc(NC(=O)N2CCCCC2c2n[nH]c(C)n2)c1C. The molecule has 2 heterocycles. The molecule has 0 radical (unpaired) electrons. The smallest absolute Gasteiger partial charge is 0.322 e. The van der Waals surface area contributed by atoms with Crippen molar-refractivity contribution in [3.05, 3.63) is 34.9 Å². The quantitative estimate of drug-likeness (QED) is 0.893. The van der Waals surface area contributed by atoms with Crippen LogP contribution in [-0.4, -0.2) is 39.8 Å². The normalized spacial score (nSPS) is 17.4. The van der Waals surface area contributed by atoms with E-state index < -0.39 is 0 Å².